The van der Waals surface area contributed by atoms with Crippen LogP contribution in [0.2, 0.25) is 0 Å². The number of aliphatic hydroxyl groups excluding tert-OH is 1. The summed E-state index contributed by atoms with van der Waals surface area (Å²) in [6.07, 6.45) is 6.62. The van der Waals surface area contributed by atoms with Crippen LogP contribution in [0.15, 0.2) is 36.7 Å². The Hall–Kier alpha value is -2.38. The van der Waals surface area contributed by atoms with Crippen LogP contribution in [0, 0.1) is 0 Å². The third-order valence-corrected chi connectivity index (χ3v) is 5.01. The maximum absolute atomic E-state index is 12.6. The maximum atomic E-state index is 12.6. The molecule has 2 aromatic rings. The van der Waals surface area contributed by atoms with Crippen LogP contribution in [0.25, 0.3) is 0 Å². The minimum Gasteiger partial charge on any atom is -0.494 e. The molecule has 1 atom stereocenters. The van der Waals surface area contributed by atoms with Gasteiger partial charge in [-0.3, -0.25) is 9.89 Å². The average Bonchev–Trinajstić information content (AvgIpc) is 3.36. The van der Waals surface area contributed by atoms with Gasteiger partial charge in [-0.05, 0) is 57.0 Å². The van der Waals surface area contributed by atoms with E-state index in [0.29, 0.717) is 23.9 Å². The zero-order chi connectivity index (χ0) is 19.1. The van der Waals surface area contributed by atoms with E-state index in [2.05, 4.69) is 22.0 Å². The number of amides is 1. The fraction of sp³-hybridized carbons (Fsp3) is 0.500. The highest BCUT2D eigenvalue weighted by molar-refractivity contribution is 6.05. The fourth-order valence-corrected chi connectivity index (χ4v) is 3.48. The Balaban J connectivity index is 1.52. The van der Waals surface area contributed by atoms with Gasteiger partial charge in [-0.15, -0.1) is 0 Å². The molecule has 0 saturated carbocycles. The molecule has 0 unspecified atom stereocenters. The first-order valence-electron chi connectivity index (χ1n) is 9.57. The smallest absolute Gasteiger partial charge is 0.261 e. The number of carbonyl (C=O) groups is 1. The number of nitrogens with one attached hydrogen (secondary N) is 1. The van der Waals surface area contributed by atoms with E-state index in [1.54, 1.807) is 6.20 Å². The van der Waals surface area contributed by atoms with E-state index in [4.69, 9.17) is 4.74 Å². The van der Waals surface area contributed by atoms with Crippen molar-refractivity contribution in [1.29, 1.82) is 0 Å². The van der Waals surface area contributed by atoms with Gasteiger partial charge in [-0.1, -0.05) is 0 Å². The van der Waals surface area contributed by atoms with Gasteiger partial charge < -0.3 is 19.6 Å². The summed E-state index contributed by atoms with van der Waals surface area (Å²) in [6, 6.07) is 8.09. The summed E-state index contributed by atoms with van der Waals surface area (Å²) in [5.41, 5.74) is 1.17. The molecule has 0 spiro atoms. The number of aromatic nitrogens is 2. The molecule has 2 N–H and O–H groups in total. The van der Waals surface area contributed by atoms with Gasteiger partial charge in [-0.25, -0.2) is 0 Å². The molecule has 1 amide bonds. The van der Waals surface area contributed by atoms with Gasteiger partial charge in [0.2, 0.25) is 0 Å². The normalized spacial score (nSPS) is 17.2. The van der Waals surface area contributed by atoms with Gasteiger partial charge in [0.15, 0.2) is 0 Å². The van der Waals surface area contributed by atoms with Gasteiger partial charge in [0.05, 0.1) is 25.0 Å². The Bertz CT molecular complexity index is 703. The van der Waals surface area contributed by atoms with Crippen LogP contribution in [-0.4, -0.2) is 65.0 Å². The largest absolute Gasteiger partial charge is 0.494 e. The third-order valence-electron chi connectivity index (χ3n) is 5.01. The summed E-state index contributed by atoms with van der Waals surface area (Å²) in [6.45, 7) is 5.34. The lowest BCUT2D eigenvalue weighted by atomic mass is 10.2. The van der Waals surface area contributed by atoms with Crippen LogP contribution in [-0.2, 0) is 0 Å². The number of nitrogens with zero attached hydrogens (tertiary/aromatic N) is 3. The third kappa shape index (κ3) is 5.08. The van der Waals surface area contributed by atoms with Crippen LogP contribution >= 0.6 is 0 Å². The summed E-state index contributed by atoms with van der Waals surface area (Å²) < 4.78 is 5.83. The number of ether oxygens (including phenoxy) is 1. The topological polar surface area (TPSA) is 81.7 Å². The molecule has 27 heavy (non-hydrogen) atoms. The highest BCUT2D eigenvalue weighted by Crippen LogP contribution is 2.21. The lowest BCUT2D eigenvalue weighted by Gasteiger charge is -2.22. The monoisotopic (exact) mass is 372 g/mol. The Morgan fingerprint density at radius 2 is 2.22 bits per heavy atom. The van der Waals surface area contributed by atoms with Crippen molar-refractivity contribution < 1.29 is 14.6 Å². The number of H-pyrrole nitrogens is 1. The van der Waals surface area contributed by atoms with E-state index in [1.165, 1.54) is 30.5 Å². The zero-order valence-corrected chi connectivity index (χ0v) is 15.8. The zero-order valence-electron chi connectivity index (χ0n) is 15.8. The SMILES string of the molecule is C[C@@H]1CCCN1CCCOc1ccc(N(CCO)C(=O)c2cn[nH]c2)cc1. The molecule has 0 aliphatic carbocycles. The molecule has 1 fully saturated rings. The van der Waals surface area contributed by atoms with Gasteiger partial charge in [0, 0.05) is 31.0 Å². The quantitative estimate of drug-likeness (QED) is 0.660. The number of rotatable bonds is 9. The first-order valence-corrected chi connectivity index (χ1v) is 9.57. The second kappa shape index (κ2) is 9.53. The molecule has 0 radical (unpaired) electrons. The molecule has 7 heteroatoms. The van der Waals surface area contributed by atoms with E-state index in [9.17, 15) is 9.90 Å². The number of aliphatic hydroxyl groups is 1. The van der Waals surface area contributed by atoms with E-state index < -0.39 is 0 Å². The van der Waals surface area contributed by atoms with Crippen molar-refractivity contribution in [2.75, 3.05) is 37.7 Å². The Morgan fingerprint density at radius 1 is 1.41 bits per heavy atom. The Labute approximate surface area is 159 Å². The van der Waals surface area contributed by atoms with Crippen molar-refractivity contribution in [1.82, 2.24) is 15.1 Å². The number of benzene rings is 1. The summed E-state index contributed by atoms with van der Waals surface area (Å²) in [5.74, 6) is 0.583. The Kier molecular flexibility index (Phi) is 6.84. The molecule has 1 aromatic heterocycles. The van der Waals surface area contributed by atoms with E-state index in [1.807, 2.05) is 24.3 Å². The summed E-state index contributed by atoms with van der Waals surface area (Å²) in [5, 5.41) is 15.8. The molecule has 3 rings (SSSR count). The Morgan fingerprint density at radius 3 is 2.85 bits per heavy atom. The molecule has 1 aliphatic rings. The van der Waals surface area contributed by atoms with Crippen LogP contribution < -0.4 is 9.64 Å². The van der Waals surface area contributed by atoms with Crippen LogP contribution in [0.1, 0.15) is 36.5 Å². The molecule has 7 nitrogen and oxygen atoms in total. The van der Waals surface area contributed by atoms with Gasteiger partial charge in [0.1, 0.15) is 5.75 Å². The standard InChI is InChI=1S/C20H28N4O3/c1-16-4-2-9-23(16)10-3-13-27-19-7-5-18(6-8-19)24(11-12-25)20(26)17-14-21-22-15-17/h5-8,14-16,25H,2-4,9-13H2,1H3,(H,21,22)/t16-/m1/s1. The lowest BCUT2D eigenvalue weighted by Crippen LogP contribution is -2.33. The van der Waals surface area contributed by atoms with Crippen molar-refractivity contribution in [3.8, 4) is 5.75 Å². The van der Waals surface area contributed by atoms with Crippen LogP contribution in [0.5, 0.6) is 5.75 Å². The van der Waals surface area contributed by atoms with Crippen molar-refractivity contribution in [3.05, 3.63) is 42.2 Å². The fourth-order valence-electron chi connectivity index (χ4n) is 3.48. The summed E-state index contributed by atoms with van der Waals surface area (Å²) in [7, 11) is 0. The lowest BCUT2D eigenvalue weighted by molar-refractivity contribution is 0.0981. The summed E-state index contributed by atoms with van der Waals surface area (Å²) >= 11 is 0. The van der Waals surface area contributed by atoms with Crippen molar-refractivity contribution >= 4 is 11.6 Å². The predicted octanol–water partition coefficient (Wildman–Crippen LogP) is 2.30. The maximum Gasteiger partial charge on any atom is 0.261 e. The molecular weight excluding hydrogens is 344 g/mol. The first kappa shape index (κ1) is 19.4. The average molecular weight is 372 g/mol. The highest BCUT2D eigenvalue weighted by Gasteiger charge is 2.19. The number of likely N-dealkylation sites (tertiary alicyclic amines) is 1. The van der Waals surface area contributed by atoms with Gasteiger partial charge >= 0.3 is 0 Å². The first-order chi connectivity index (χ1) is 13.2. The van der Waals surface area contributed by atoms with Crippen molar-refractivity contribution in [2.24, 2.45) is 0 Å². The minimum absolute atomic E-state index is 0.114. The van der Waals surface area contributed by atoms with Crippen LogP contribution in [0.4, 0.5) is 5.69 Å². The molecule has 146 valence electrons. The van der Waals surface area contributed by atoms with E-state index in [0.717, 1.165) is 18.7 Å². The summed E-state index contributed by atoms with van der Waals surface area (Å²) in [4.78, 5) is 16.6. The number of anilines is 1. The van der Waals surface area contributed by atoms with Gasteiger partial charge in [0.25, 0.3) is 5.91 Å². The molecule has 2 heterocycles. The van der Waals surface area contributed by atoms with Gasteiger partial charge in [-0.2, -0.15) is 5.10 Å². The second-order valence-corrected chi connectivity index (χ2v) is 6.89. The second-order valence-electron chi connectivity index (χ2n) is 6.89. The highest BCUT2D eigenvalue weighted by atomic mass is 16.5. The van der Waals surface area contributed by atoms with Crippen LogP contribution in [0.3, 0.4) is 0 Å². The number of hydrogen-bond acceptors (Lipinski definition) is 5. The predicted molar refractivity (Wildman–Crippen MR) is 104 cm³/mol. The number of aromatic amines is 1. The molecule has 1 aromatic carbocycles. The molecular formula is C20H28N4O3. The number of hydrogen-bond donors (Lipinski definition) is 2. The molecule has 1 aliphatic heterocycles. The van der Waals surface area contributed by atoms with Crippen molar-refractivity contribution in [2.45, 2.75) is 32.2 Å². The van der Waals surface area contributed by atoms with E-state index in [-0.39, 0.29) is 19.1 Å². The van der Waals surface area contributed by atoms with E-state index >= 15 is 0 Å². The molecule has 0 bridgehead atoms. The molecule has 1 saturated heterocycles. The minimum atomic E-state index is -0.203. The number of carbonyl (C=O) groups excluding carboxylic acids is 1. The van der Waals surface area contributed by atoms with Crippen molar-refractivity contribution in [3.63, 3.8) is 0 Å².